The molecule has 0 radical (unpaired) electrons. The second kappa shape index (κ2) is 7.96. The Bertz CT molecular complexity index is 663. The monoisotopic (exact) mass is 355 g/mol. The largest absolute Gasteiger partial charge is 0.370 e. The number of aliphatic imine (C=N–C) groups is 1. The van der Waals surface area contributed by atoms with E-state index in [4.69, 9.17) is 23.1 Å². The van der Waals surface area contributed by atoms with Gasteiger partial charge in [0.05, 0.1) is 17.1 Å². The molecule has 0 bridgehead atoms. The molecule has 1 aromatic rings. The van der Waals surface area contributed by atoms with Crippen molar-refractivity contribution < 1.29 is 14.0 Å². The third-order valence-corrected chi connectivity index (χ3v) is 4.05. The van der Waals surface area contributed by atoms with Gasteiger partial charge in [-0.1, -0.05) is 24.4 Å². The van der Waals surface area contributed by atoms with Crippen LogP contribution in [0.4, 0.5) is 10.1 Å². The van der Waals surface area contributed by atoms with Crippen LogP contribution in [0.5, 0.6) is 0 Å². The van der Waals surface area contributed by atoms with E-state index in [1.54, 1.807) is 0 Å². The SMILES string of the molecule is NC(N)=NC1CCCCC1NC(=O)C(=O)Nc1ccc(Cl)c(F)c1. The number of nitrogens with one attached hydrogen (secondary N) is 2. The van der Waals surface area contributed by atoms with Crippen molar-refractivity contribution in [1.29, 1.82) is 0 Å². The molecule has 2 unspecified atom stereocenters. The average molecular weight is 356 g/mol. The van der Waals surface area contributed by atoms with Crippen molar-refractivity contribution in [3.8, 4) is 0 Å². The van der Waals surface area contributed by atoms with Crippen LogP contribution in [0.2, 0.25) is 5.02 Å². The fourth-order valence-electron chi connectivity index (χ4n) is 2.62. The first-order valence-electron chi connectivity index (χ1n) is 7.52. The molecule has 0 spiro atoms. The van der Waals surface area contributed by atoms with Gasteiger partial charge in [-0.05, 0) is 31.0 Å². The summed E-state index contributed by atoms with van der Waals surface area (Å²) in [4.78, 5) is 28.1. The van der Waals surface area contributed by atoms with Gasteiger partial charge in [-0.3, -0.25) is 9.59 Å². The molecular formula is C15H19ClFN5O2. The molecular weight excluding hydrogens is 337 g/mol. The Morgan fingerprint density at radius 3 is 2.58 bits per heavy atom. The van der Waals surface area contributed by atoms with Crippen molar-refractivity contribution in [3.63, 3.8) is 0 Å². The molecule has 130 valence electrons. The summed E-state index contributed by atoms with van der Waals surface area (Å²) in [6, 6.07) is 3.16. The fourth-order valence-corrected chi connectivity index (χ4v) is 2.74. The Labute approximate surface area is 143 Å². The Morgan fingerprint density at radius 2 is 1.92 bits per heavy atom. The first-order chi connectivity index (χ1) is 11.4. The molecule has 0 aliphatic heterocycles. The number of carbonyl (C=O) groups is 2. The summed E-state index contributed by atoms with van der Waals surface area (Å²) >= 11 is 5.57. The van der Waals surface area contributed by atoms with Gasteiger partial charge >= 0.3 is 11.8 Å². The Hall–Kier alpha value is -2.35. The Balaban J connectivity index is 1.98. The number of benzene rings is 1. The smallest absolute Gasteiger partial charge is 0.313 e. The quantitative estimate of drug-likeness (QED) is 0.368. The van der Waals surface area contributed by atoms with Gasteiger partial charge in [0.25, 0.3) is 0 Å². The molecule has 7 nitrogen and oxygen atoms in total. The first kappa shape index (κ1) is 18.0. The lowest BCUT2D eigenvalue weighted by molar-refractivity contribution is -0.136. The molecule has 1 saturated carbocycles. The van der Waals surface area contributed by atoms with E-state index >= 15 is 0 Å². The standard InChI is InChI=1S/C15H19ClFN5O2/c16-9-6-5-8(7-10(9)17)20-13(23)14(24)21-11-3-1-2-4-12(11)22-15(18)19/h5-7,11-12H,1-4H2,(H,20,23)(H,21,24)(H4,18,19,22). The zero-order valence-corrected chi connectivity index (χ0v) is 13.6. The van der Waals surface area contributed by atoms with E-state index in [0.717, 1.165) is 25.3 Å². The lowest BCUT2D eigenvalue weighted by Gasteiger charge is -2.29. The van der Waals surface area contributed by atoms with Crippen LogP contribution in [0.25, 0.3) is 0 Å². The zero-order chi connectivity index (χ0) is 17.7. The lowest BCUT2D eigenvalue weighted by atomic mass is 9.90. The van der Waals surface area contributed by atoms with E-state index in [1.165, 1.54) is 12.1 Å². The molecule has 2 amide bonds. The topological polar surface area (TPSA) is 123 Å². The second-order valence-electron chi connectivity index (χ2n) is 5.57. The molecule has 0 saturated heterocycles. The van der Waals surface area contributed by atoms with Gasteiger partial charge in [0.15, 0.2) is 5.96 Å². The van der Waals surface area contributed by atoms with Crippen LogP contribution in [-0.4, -0.2) is 29.9 Å². The first-order valence-corrected chi connectivity index (χ1v) is 7.90. The number of guanidine groups is 1. The summed E-state index contributed by atoms with van der Waals surface area (Å²) in [7, 11) is 0. The number of hydrogen-bond acceptors (Lipinski definition) is 3. The van der Waals surface area contributed by atoms with Gasteiger partial charge in [-0.2, -0.15) is 0 Å². The molecule has 1 fully saturated rings. The third-order valence-electron chi connectivity index (χ3n) is 3.74. The van der Waals surface area contributed by atoms with Crippen LogP contribution in [0.3, 0.4) is 0 Å². The molecule has 0 heterocycles. The van der Waals surface area contributed by atoms with Crippen molar-refractivity contribution in [3.05, 3.63) is 29.0 Å². The van der Waals surface area contributed by atoms with Crippen molar-refractivity contribution in [2.45, 2.75) is 37.8 Å². The van der Waals surface area contributed by atoms with Crippen LogP contribution in [-0.2, 0) is 9.59 Å². The summed E-state index contributed by atoms with van der Waals surface area (Å²) in [5.74, 6) is -2.46. The highest BCUT2D eigenvalue weighted by atomic mass is 35.5. The summed E-state index contributed by atoms with van der Waals surface area (Å²) < 4.78 is 13.4. The minimum Gasteiger partial charge on any atom is -0.370 e. The van der Waals surface area contributed by atoms with E-state index in [1.807, 2.05) is 0 Å². The van der Waals surface area contributed by atoms with Gasteiger partial charge in [0, 0.05) is 5.69 Å². The maximum atomic E-state index is 13.4. The Morgan fingerprint density at radius 1 is 1.21 bits per heavy atom. The molecule has 24 heavy (non-hydrogen) atoms. The van der Waals surface area contributed by atoms with Gasteiger partial charge in [0.2, 0.25) is 0 Å². The van der Waals surface area contributed by atoms with E-state index in [2.05, 4.69) is 15.6 Å². The summed E-state index contributed by atoms with van der Waals surface area (Å²) in [5.41, 5.74) is 10.9. The second-order valence-corrected chi connectivity index (χ2v) is 5.98. The normalized spacial score (nSPS) is 20.1. The van der Waals surface area contributed by atoms with E-state index in [9.17, 15) is 14.0 Å². The van der Waals surface area contributed by atoms with Crippen LogP contribution in [0.1, 0.15) is 25.7 Å². The average Bonchev–Trinajstić information content (AvgIpc) is 2.52. The number of rotatable bonds is 3. The molecule has 1 aromatic carbocycles. The predicted octanol–water partition coefficient (Wildman–Crippen LogP) is 1.12. The van der Waals surface area contributed by atoms with Crippen molar-refractivity contribution in [1.82, 2.24) is 5.32 Å². The number of amides is 2. The van der Waals surface area contributed by atoms with Gasteiger partial charge in [-0.25, -0.2) is 9.38 Å². The number of hydrogen-bond donors (Lipinski definition) is 4. The lowest BCUT2D eigenvalue weighted by Crippen LogP contribution is -2.49. The van der Waals surface area contributed by atoms with Gasteiger partial charge < -0.3 is 22.1 Å². The summed E-state index contributed by atoms with van der Waals surface area (Å²) in [5, 5.41) is 4.88. The zero-order valence-electron chi connectivity index (χ0n) is 12.9. The molecule has 2 rings (SSSR count). The fraction of sp³-hybridized carbons (Fsp3) is 0.400. The molecule has 9 heteroatoms. The van der Waals surface area contributed by atoms with Crippen LogP contribution >= 0.6 is 11.6 Å². The van der Waals surface area contributed by atoms with E-state index in [0.29, 0.717) is 6.42 Å². The third kappa shape index (κ3) is 4.82. The van der Waals surface area contributed by atoms with Crippen molar-refractivity contribution in [2.75, 3.05) is 5.32 Å². The Kier molecular flexibility index (Phi) is 5.97. The minimum absolute atomic E-state index is 0.0535. The summed E-state index contributed by atoms with van der Waals surface area (Å²) in [6.07, 6.45) is 3.26. The number of carbonyl (C=O) groups excluding carboxylic acids is 2. The minimum atomic E-state index is -0.897. The number of halogens is 2. The molecule has 1 aliphatic rings. The van der Waals surface area contributed by atoms with Crippen LogP contribution < -0.4 is 22.1 Å². The highest BCUT2D eigenvalue weighted by Crippen LogP contribution is 2.21. The highest BCUT2D eigenvalue weighted by molar-refractivity contribution is 6.39. The van der Waals surface area contributed by atoms with Crippen LogP contribution in [0.15, 0.2) is 23.2 Å². The van der Waals surface area contributed by atoms with Crippen molar-refractivity contribution in [2.24, 2.45) is 16.5 Å². The molecule has 1 aliphatic carbocycles. The number of nitrogens with two attached hydrogens (primary N) is 2. The van der Waals surface area contributed by atoms with Crippen molar-refractivity contribution >= 4 is 35.1 Å². The number of anilines is 1. The maximum Gasteiger partial charge on any atom is 0.313 e. The summed E-state index contributed by atoms with van der Waals surface area (Å²) in [6.45, 7) is 0. The predicted molar refractivity (Wildman–Crippen MR) is 90.0 cm³/mol. The van der Waals surface area contributed by atoms with Gasteiger partial charge in [-0.15, -0.1) is 0 Å². The maximum absolute atomic E-state index is 13.4. The highest BCUT2D eigenvalue weighted by Gasteiger charge is 2.28. The van der Waals surface area contributed by atoms with Gasteiger partial charge in [0.1, 0.15) is 5.82 Å². The molecule has 0 aromatic heterocycles. The van der Waals surface area contributed by atoms with E-state index < -0.39 is 17.6 Å². The molecule has 2 atom stereocenters. The molecule has 6 N–H and O–H groups in total. The number of nitrogens with zero attached hydrogens (tertiary/aromatic N) is 1. The van der Waals surface area contributed by atoms with Crippen LogP contribution in [0, 0.1) is 5.82 Å². The van der Waals surface area contributed by atoms with E-state index in [-0.39, 0.29) is 28.8 Å².